The van der Waals surface area contributed by atoms with Crippen LogP contribution >= 0.6 is 12.6 Å². The van der Waals surface area contributed by atoms with Gasteiger partial charge in [-0.2, -0.15) is 12.6 Å². The van der Waals surface area contributed by atoms with Gasteiger partial charge in [0.25, 0.3) is 0 Å². The largest absolute Gasteiger partial charge is 0.480 e. The molecule has 1 aliphatic heterocycles. The van der Waals surface area contributed by atoms with Crippen LogP contribution in [0.25, 0.3) is 0 Å². The van der Waals surface area contributed by atoms with E-state index >= 15 is 0 Å². The summed E-state index contributed by atoms with van der Waals surface area (Å²) in [5.74, 6) is 0.153. The minimum atomic E-state index is -0.717. The van der Waals surface area contributed by atoms with Crippen LogP contribution in [0.15, 0.2) is 0 Å². The van der Waals surface area contributed by atoms with Crippen LogP contribution in [0.3, 0.4) is 0 Å². The Morgan fingerprint density at radius 2 is 2.40 bits per heavy atom. The molecule has 1 saturated heterocycles. The predicted octanol–water partition coefficient (Wildman–Crippen LogP) is 0.429. The van der Waals surface area contributed by atoms with Gasteiger partial charge in [0.2, 0.25) is 0 Å². The number of hydrogen-bond donors (Lipinski definition) is 3. The first-order valence-electron chi connectivity index (χ1n) is 5.43. The summed E-state index contributed by atoms with van der Waals surface area (Å²) in [5, 5.41) is 9.17. The lowest BCUT2D eigenvalue weighted by molar-refractivity contribution is -0.143. The van der Waals surface area contributed by atoms with E-state index < -0.39 is 5.97 Å². The fourth-order valence-corrected chi connectivity index (χ4v) is 2.39. The molecule has 1 fully saturated rings. The second kappa shape index (κ2) is 5.72. The van der Waals surface area contributed by atoms with Gasteiger partial charge in [-0.25, -0.2) is 0 Å². The second-order valence-electron chi connectivity index (χ2n) is 4.18. The Kier molecular flexibility index (Phi) is 4.89. The van der Waals surface area contributed by atoms with Crippen molar-refractivity contribution in [3.8, 4) is 0 Å². The van der Waals surface area contributed by atoms with Gasteiger partial charge in [-0.3, -0.25) is 9.69 Å². The van der Waals surface area contributed by atoms with E-state index in [0.717, 1.165) is 19.4 Å². The smallest absolute Gasteiger partial charge is 0.321 e. The number of nitrogens with zero attached hydrogens (tertiary/aromatic N) is 1. The van der Waals surface area contributed by atoms with Gasteiger partial charge in [0.1, 0.15) is 6.04 Å². The standard InChI is InChI=1S/C10H20N2O2S/c1-2-7-3-4-12(5-8(11)6-15)9(7)10(13)14/h7-9,15H,2-6,11H2,1H3,(H,13,14)/t7-,8+,9-/m0/s1. The molecule has 0 aliphatic carbocycles. The zero-order chi connectivity index (χ0) is 11.4. The van der Waals surface area contributed by atoms with Gasteiger partial charge in [0.05, 0.1) is 0 Å². The Labute approximate surface area is 96.2 Å². The summed E-state index contributed by atoms with van der Waals surface area (Å²) in [6.07, 6.45) is 1.89. The van der Waals surface area contributed by atoms with E-state index in [9.17, 15) is 4.79 Å². The van der Waals surface area contributed by atoms with Crippen molar-refractivity contribution in [1.29, 1.82) is 0 Å². The van der Waals surface area contributed by atoms with Gasteiger partial charge < -0.3 is 10.8 Å². The highest BCUT2D eigenvalue weighted by Gasteiger charge is 2.38. The van der Waals surface area contributed by atoms with Gasteiger partial charge in [-0.1, -0.05) is 13.3 Å². The summed E-state index contributed by atoms with van der Waals surface area (Å²) < 4.78 is 0. The first kappa shape index (κ1) is 12.8. The first-order chi connectivity index (χ1) is 7.10. The minimum absolute atomic E-state index is 0.0363. The van der Waals surface area contributed by atoms with Crippen LogP contribution in [0.4, 0.5) is 0 Å². The molecule has 88 valence electrons. The molecule has 0 spiro atoms. The number of hydrogen-bond acceptors (Lipinski definition) is 4. The molecular weight excluding hydrogens is 212 g/mol. The molecule has 3 atom stereocenters. The van der Waals surface area contributed by atoms with Crippen molar-refractivity contribution in [1.82, 2.24) is 4.90 Å². The molecule has 0 bridgehead atoms. The highest BCUT2D eigenvalue weighted by molar-refractivity contribution is 7.80. The molecule has 5 heteroatoms. The summed E-state index contributed by atoms with van der Waals surface area (Å²) in [6.45, 7) is 3.52. The van der Waals surface area contributed by atoms with Crippen molar-refractivity contribution < 1.29 is 9.90 Å². The Bertz CT molecular complexity index is 225. The number of rotatable bonds is 5. The quantitative estimate of drug-likeness (QED) is 0.601. The van der Waals surface area contributed by atoms with E-state index in [1.807, 2.05) is 11.8 Å². The van der Waals surface area contributed by atoms with E-state index in [1.54, 1.807) is 0 Å². The van der Waals surface area contributed by atoms with E-state index in [1.165, 1.54) is 0 Å². The molecule has 0 amide bonds. The summed E-state index contributed by atoms with van der Waals surface area (Å²) in [7, 11) is 0. The van der Waals surface area contributed by atoms with Crippen LogP contribution < -0.4 is 5.73 Å². The Morgan fingerprint density at radius 1 is 1.73 bits per heavy atom. The highest BCUT2D eigenvalue weighted by Crippen LogP contribution is 2.27. The maximum absolute atomic E-state index is 11.1. The molecule has 0 saturated carbocycles. The van der Waals surface area contributed by atoms with Crippen molar-refractivity contribution in [2.24, 2.45) is 11.7 Å². The van der Waals surface area contributed by atoms with E-state index in [2.05, 4.69) is 12.6 Å². The third kappa shape index (κ3) is 3.09. The summed E-state index contributed by atoms with van der Waals surface area (Å²) in [6, 6.07) is -0.383. The lowest BCUT2D eigenvalue weighted by Gasteiger charge is -2.26. The average molecular weight is 232 g/mol. The number of thiol groups is 1. The van der Waals surface area contributed by atoms with Crippen molar-refractivity contribution >= 4 is 18.6 Å². The average Bonchev–Trinajstić information content (AvgIpc) is 2.60. The molecule has 0 aromatic carbocycles. The summed E-state index contributed by atoms with van der Waals surface area (Å²) >= 11 is 4.12. The Hall–Kier alpha value is -0.260. The van der Waals surface area contributed by atoms with Crippen molar-refractivity contribution in [2.45, 2.75) is 31.8 Å². The molecule has 3 N–H and O–H groups in total. The number of carboxylic acids is 1. The van der Waals surface area contributed by atoms with Crippen LogP contribution in [-0.2, 0) is 4.79 Å². The monoisotopic (exact) mass is 232 g/mol. The van der Waals surface area contributed by atoms with E-state index in [0.29, 0.717) is 12.3 Å². The first-order valence-corrected chi connectivity index (χ1v) is 6.06. The fourth-order valence-electron chi connectivity index (χ4n) is 2.28. The van der Waals surface area contributed by atoms with Crippen LogP contribution in [0.5, 0.6) is 0 Å². The molecular formula is C10H20N2O2S. The third-order valence-corrected chi connectivity index (χ3v) is 3.58. The molecule has 0 unspecified atom stereocenters. The molecule has 4 nitrogen and oxygen atoms in total. The predicted molar refractivity (Wildman–Crippen MR) is 63.2 cm³/mol. The van der Waals surface area contributed by atoms with E-state index in [-0.39, 0.29) is 18.0 Å². The van der Waals surface area contributed by atoms with Gasteiger partial charge in [-0.15, -0.1) is 0 Å². The molecule has 1 heterocycles. The maximum Gasteiger partial charge on any atom is 0.321 e. The number of nitrogens with two attached hydrogens (primary N) is 1. The SMILES string of the molecule is CC[C@H]1CCN(C[C@@H](N)CS)[C@@H]1C(=O)O. The lowest BCUT2D eigenvalue weighted by atomic mass is 9.97. The Morgan fingerprint density at radius 3 is 2.87 bits per heavy atom. The zero-order valence-corrected chi connectivity index (χ0v) is 9.99. The lowest BCUT2D eigenvalue weighted by Crippen LogP contribution is -2.46. The third-order valence-electron chi connectivity index (χ3n) is 3.11. The zero-order valence-electron chi connectivity index (χ0n) is 9.09. The molecule has 1 rings (SSSR count). The maximum atomic E-state index is 11.1. The van der Waals surface area contributed by atoms with Gasteiger partial charge >= 0.3 is 5.97 Å². The number of carboxylic acid groups (broad SMARTS) is 1. The van der Waals surface area contributed by atoms with Gasteiger partial charge in [-0.05, 0) is 18.9 Å². The number of aliphatic carboxylic acids is 1. The fraction of sp³-hybridized carbons (Fsp3) is 0.900. The Balaban J connectivity index is 2.60. The second-order valence-corrected chi connectivity index (χ2v) is 4.54. The van der Waals surface area contributed by atoms with Gasteiger partial charge in [0.15, 0.2) is 0 Å². The molecule has 0 radical (unpaired) electrons. The number of likely N-dealkylation sites (tertiary alicyclic amines) is 1. The van der Waals surface area contributed by atoms with Gasteiger partial charge in [0, 0.05) is 18.3 Å². The van der Waals surface area contributed by atoms with E-state index in [4.69, 9.17) is 10.8 Å². The summed E-state index contributed by atoms with van der Waals surface area (Å²) in [4.78, 5) is 13.1. The molecule has 15 heavy (non-hydrogen) atoms. The normalized spacial score (nSPS) is 29.3. The topological polar surface area (TPSA) is 66.6 Å². The van der Waals surface area contributed by atoms with Crippen molar-refractivity contribution in [2.75, 3.05) is 18.8 Å². The highest BCUT2D eigenvalue weighted by atomic mass is 32.1. The van der Waals surface area contributed by atoms with Crippen LogP contribution in [0.1, 0.15) is 19.8 Å². The number of carbonyl (C=O) groups is 1. The van der Waals surface area contributed by atoms with Crippen LogP contribution in [-0.4, -0.2) is 46.9 Å². The molecule has 0 aromatic heterocycles. The van der Waals surface area contributed by atoms with Crippen LogP contribution in [0, 0.1) is 5.92 Å². The molecule has 1 aliphatic rings. The minimum Gasteiger partial charge on any atom is -0.480 e. The summed E-state index contributed by atoms with van der Waals surface area (Å²) in [5.41, 5.74) is 5.79. The van der Waals surface area contributed by atoms with Crippen molar-refractivity contribution in [3.63, 3.8) is 0 Å². The van der Waals surface area contributed by atoms with Crippen molar-refractivity contribution in [3.05, 3.63) is 0 Å². The molecule has 0 aromatic rings. The van der Waals surface area contributed by atoms with Crippen LogP contribution in [0.2, 0.25) is 0 Å².